The van der Waals surface area contributed by atoms with Crippen molar-refractivity contribution in [1.82, 2.24) is 15.3 Å². The summed E-state index contributed by atoms with van der Waals surface area (Å²) in [5, 5.41) is 3.25. The summed E-state index contributed by atoms with van der Waals surface area (Å²) in [7, 11) is 0. The number of nitrogens with zero attached hydrogens (tertiary/aromatic N) is 2. The van der Waals surface area contributed by atoms with Crippen molar-refractivity contribution < 1.29 is 9.53 Å². The lowest BCUT2D eigenvalue weighted by Gasteiger charge is -2.43. The third-order valence-corrected chi connectivity index (χ3v) is 10.7. The van der Waals surface area contributed by atoms with Gasteiger partial charge in [0.25, 0.3) is 0 Å². The monoisotopic (exact) mass is 550 g/mol. The Balaban J connectivity index is 1.54. The van der Waals surface area contributed by atoms with Crippen molar-refractivity contribution in [2.24, 2.45) is 28.6 Å². The van der Waals surface area contributed by atoms with Gasteiger partial charge in [0.2, 0.25) is 17.7 Å². The van der Waals surface area contributed by atoms with Gasteiger partial charge in [-0.3, -0.25) is 9.52 Å². The van der Waals surface area contributed by atoms with Crippen molar-refractivity contribution in [3.8, 4) is 5.88 Å². The molecule has 1 saturated carbocycles. The smallest absolute Gasteiger partial charge is 0.248 e. The van der Waals surface area contributed by atoms with Crippen molar-refractivity contribution in [2.45, 2.75) is 99.0 Å². The highest BCUT2D eigenvalue weighted by Crippen LogP contribution is 2.50. The number of anilines is 1. The molecule has 4 aliphatic rings. The number of hydrogen-bond acceptors (Lipinski definition) is 6. The minimum absolute atomic E-state index is 0.00443. The minimum Gasteiger partial charge on any atom is -0.472 e. The lowest BCUT2D eigenvalue weighted by Crippen LogP contribution is -2.43. The number of allylic oxidation sites excluding steroid dienone is 4. The Morgan fingerprint density at radius 3 is 2.59 bits per heavy atom. The first kappa shape index (κ1) is 28.3. The molecular formula is C32H46N4O2S. The lowest BCUT2D eigenvalue weighted by atomic mass is 9.62. The van der Waals surface area contributed by atoms with Gasteiger partial charge in [-0.05, 0) is 86.0 Å². The SMILES string of the molecule is CC1=CCC(C)C(C)(C)C1c1cc2nc(n1)NSC1=C(CC(C)C=C1)C(=O)NCC(C1CCC(C)(C)CC1)O2. The number of fused-ring (bicyclic) bond motifs is 2. The molecule has 4 unspecified atom stereocenters. The van der Waals surface area contributed by atoms with Gasteiger partial charge in [-0.2, -0.15) is 4.98 Å². The predicted molar refractivity (Wildman–Crippen MR) is 160 cm³/mol. The largest absolute Gasteiger partial charge is 0.472 e. The molecule has 1 aromatic rings. The molecule has 7 heteroatoms. The van der Waals surface area contributed by atoms with E-state index >= 15 is 0 Å². The lowest BCUT2D eigenvalue weighted by molar-refractivity contribution is -0.118. The van der Waals surface area contributed by atoms with Gasteiger partial charge in [0.05, 0.1) is 12.2 Å². The van der Waals surface area contributed by atoms with E-state index in [4.69, 9.17) is 14.7 Å². The van der Waals surface area contributed by atoms with E-state index < -0.39 is 0 Å². The molecule has 2 N–H and O–H groups in total. The number of carbonyl (C=O) groups excluding carboxylic acids is 1. The standard InChI is InChI=1S/C32H46N4O2S/c1-19-8-11-26-23(16-19)29(37)33-18-25(22-12-14-31(4,5)15-13-22)38-27-17-24(34-30(35-27)36-39-26)28-20(2)9-10-21(3)32(28,6)7/h8-9,11,17,19,21-22,25,28H,10,12-16,18H2,1-7H3,(H,33,37)(H,34,35,36). The van der Waals surface area contributed by atoms with Crippen molar-refractivity contribution in [3.05, 3.63) is 46.0 Å². The highest BCUT2D eigenvalue weighted by Gasteiger charge is 2.41. The second-order valence-corrected chi connectivity index (χ2v) is 14.6. The molecular weight excluding hydrogens is 504 g/mol. The summed E-state index contributed by atoms with van der Waals surface area (Å²) in [6, 6.07) is 2.05. The Morgan fingerprint density at radius 2 is 1.85 bits per heavy atom. The Morgan fingerprint density at radius 1 is 1.10 bits per heavy atom. The van der Waals surface area contributed by atoms with Crippen molar-refractivity contribution in [3.63, 3.8) is 0 Å². The number of rotatable bonds is 2. The van der Waals surface area contributed by atoms with E-state index in [1.54, 1.807) is 0 Å². The molecule has 1 fully saturated rings. The Labute approximate surface area is 239 Å². The molecule has 3 aliphatic carbocycles. The van der Waals surface area contributed by atoms with Crippen LogP contribution in [0.25, 0.3) is 0 Å². The summed E-state index contributed by atoms with van der Waals surface area (Å²) >= 11 is 1.42. The van der Waals surface area contributed by atoms with Crippen LogP contribution in [0.3, 0.4) is 0 Å². The van der Waals surface area contributed by atoms with Crippen LogP contribution >= 0.6 is 11.9 Å². The summed E-state index contributed by atoms with van der Waals surface area (Å²) in [6.07, 6.45) is 12.8. The van der Waals surface area contributed by atoms with Crippen LogP contribution in [0.4, 0.5) is 5.95 Å². The molecule has 39 heavy (non-hydrogen) atoms. The van der Waals surface area contributed by atoms with Crippen molar-refractivity contribution in [2.75, 3.05) is 11.3 Å². The van der Waals surface area contributed by atoms with Crippen molar-refractivity contribution in [1.29, 1.82) is 0 Å². The van der Waals surface area contributed by atoms with Gasteiger partial charge < -0.3 is 10.1 Å². The number of hydrogen-bond donors (Lipinski definition) is 2. The molecule has 5 rings (SSSR count). The molecule has 0 aromatic carbocycles. The van der Waals surface area contributed by atoms with Gasteiger partial charge in [0.15, 0.2) is 0 Å². The van der Waals surface area contributed by atoms with Crippen LogP contribution in [-0.4, -0.2) is 28.5 Å². The maximum Gasteiger partial charge on any atom is 0.248 e. The zero-order valence-corrected chi connectivity index (χ0v) is 25.6. The number of amides is 1. The van der Waals surface area contributed by atoms with Gasteiger partial charge in [-0.1, -0.05) is 65.3 Å². The Hall–Kier alpha value is -2.28. The summed E-state index contributed by atoms with van der Waals surface area (Å²) in [6.45, 7) is 16.6. The molecule has 4 atom stereocenters. The number of carbonyl (C=O) groups is 1. The molecule has 0 radical (unpaired) electrons. The third-order valence-electron chi connectivity index (χ3n) is 9.85. The van der Waals surface area contributed by atoms with Crippen LogP contribution in [-0.2, 0) is 4.79 Å². The molecule has 0 saturated heterocycles. The summed E-state index contributed by atoms with van der Waals surface area (Å²) in [5.41, 5.74) is 3.60. The quantitative estimate of drug-likeness (QED) is 0.292. The van der Waals surface area contributed by atoms with Gasteiger partial charge in [-0.15, -0.1) is 0 Å². The number of ether oxygens (including phenoxy) is 1. The summed E-state index contributed by atoms with van der Waals surface area (Å²) in [5.74, 6) is 2.56. The molecule has 2 heterocycles. The van der Waals surface area contributed by atoms with Crippen LogP contribution in [0.1, 0.15) is 98.6 Å². The maximum absolute atomic E-state index is 13.4. The maximum atomic E-state index is 13.4. The van der Waals surface area contributed by atoms with Crippen molar-refractivity contribution >= 4 is 23.8 Å². The fourth-order valence-corrected chi connectivity index (χ4v) is 7.50. The second-order valence-electron chi connectivity index (χ2n) is 13.7. The van der Waals surface area contributed by atoms with E-state index in [9.17, 15) is 4.79 Å². The number of aromatic nitrogens is 2. The highest BCUT2D eigenvalue weighted by molar-refractivity contribution is 8.04. The van der Waals surface area contributed by atoms with Crippen LogP contribution in [0.5, 0.6) is 5.88 Å². The van der Waals surface area contributed by atoms with Gasteiger partial charge in [0, 0.05) is 22.5 Å². The number of nitrogens with one attached hydrogen (secondary N) is 2. The van der Waals surface area contributed by atoms with E-state index in [-0.39, 0.29) is 23.3 Å². The fraction of sp³-hybridized carbons (Fsp3) is 0.656. The molecule has 2 bridgehead atoms. The Kier molecular flexibility index (Phi) is 7.93. The molecule has 1 amide bonds. The fourth-order valence-electron chi connectivity index (χ4n) is 6.76. The minimum atomic E-state index is -0.136. The van der Waals surface area contributed by atoms with E-state index in [2.05, 4.69) is 82.8 Å². The van der Waals surface area contributed by atoms with Gasteiger partial charge in [0.1, 0.15) is 6.10 Å². The molecule has 212 valence electrons. The van der Waals surface area contributed by atoms with E-state index in [1.165, 1.54) is 30.4 Å². The second kappa shape index (κ2) is 10.9. The average molecular weight is 551 g/mol. The molecule has 1 aliphatic heterocycles. The van der Waals surface area contributed by atoms with E-state index in [0.29, 0.717) is 41.5 Å². The van der Waals surface area contributed by atoms with Gasteiger partial charge >= 0.3 is 0 Å². The molecule has 1 aromatic heterocycles. The van der Waals surface area contributed by atoms with Crippen LogP contribution in [0, 0.1) is 28.6 Å². The van der Waals surface area contributed by atoms with E-state index in [1.807, 2.05) is 0 Å². The Bertz CT molecular complexity index is 1190. The summed E-state index contributed by atoms with van der Waals surface area (Å²) in [4.78, 5) is 24.2. The predicted octanol–water partition coefficient (Wildman–Crippen LogP) is 7.58. The zero-order valence-electron chi connectivity index (χ0n) is 24.8. The first-order valence-electron chi connectivity index (χ1n) is 14.8. The first-order chi connectivity index (χ1) is 18.4. The van der Waals surface area contributed by atoms with Crippen LogP contribution in [0.15, 0.2) is 40.3 Å². The topological polar surface area (TPSA) is 76.1 Å². The average Bonchev–Trinajstić information content (AvgIpc) is 2.87. The van der Waals surface area contributed by atoms with Crippen LogP contribution < -0.4 is 14.8 Å². The summed E-state index contributed by atoms with van der Waals surface area (Å²) < 4.78 is 10.1. The first-order valence-corrected chi connectivity index (χ1v) is 15.6. The molecule has 0 spiro atoms. The van der Waals surface area contributed by atoms with Crippen LogP contribution in [0.2, 0.25) is 0 Å². The zero-order chi connectivity index (χ0) is 27.9. The third kappa shape index (κ3) is 6.08. The van der Waals surface area contributed by atoms with Gasteiger partial charge in [-0.25, -0.2) is 4.98 Å². The molecule has 6 nitrogen and oxygen atoms in total. The van der Waals surface area contributed by atoms with E-state index in [0.717, 1.165) is 41.9 Å². The highest BCUT2D eigenvalue weighted by atomic mass is 32.2. The normalized spacial score (nSPS) is 31.1.